The lowest BCUT2D eigenvalue weighted by Gasteiger charge is -2.27. The van der Waals surface area contributed by atoms with Crippen molar-refractivity contribution >= 4 is 17.4 Å². The lowest BCUT2D eigenvalue weighted by Crippen LogP contribution is -2.43. The summed E-state index contributed by atoms with van der Waals surface area (Å²) in [6, 6.07) is 17.8. The largest absolute Gasteiger partial charge is 0.326 e. The first-order chi connectivity index (χ1) is 9.74. The van der Waals surface area contributed by atoms with E-state index >= 15 is 0 Å². The minimum atomic E-state index is -0.0878. The minimum absolute atomic E-state index is 0.0878. The third kappa shape index (κ3) is 2.43. The third-order valence-electron chi connectivity index (χ3n) is 3.40. The highest BCUT2D eigenvalue weighted by Gasteiger charge is 2.20. The molecule has 0 spiro atoms. The number of rotatable bonds is 2. The molecule has 1 aliphatic rings. The Morgan fingerprint density at radius 3 is 2.35 bits per heavy atom. The number of carbonyl (C=O) groups excluding carboxylic acids is 1. The number of nitrogens with zero attached hydrogens (tertiary/aromatic N) is 1. The molecule has 100 valence electrons. The number of hydrogen-bond donors (Lipinski definition) is 1. The van der Waals surface area contributed by atoms with Crippen LogP contribution in [-0.4, -0.2) is 12.6 Å². The number of amides is 2. The highest BCUT2D eigenvalue weighted by atomic mass is 16.2. The van der Waals surface area contributed by atoms with Gasteiger partial charge in [-0.05, 0) is 30.7 Å². The molecule has 20 heavy (non-hydrogen) atoms. The van der Waals surface area contributed by atoms with Gasteiger partial charge in [0.2, 0.25) is 0 Å². The Labute approximate surface area is 118 Å². The summed E-state index contributed by atoms with van der Waals surface area (Å²) < 4.78 is 0. The maximum Gasteiger partial charge on any atom is 0.326 e. The SMILES string of the molecule is Cc1ccc(N2CC=C(c3ccccc3)NC2=O)cc1. The fourth-order valence-corrected chi connectivity index (χ4v) is 2.25. The normalized spacial score (nSPS) is 14.8. The second-order valence-corrected chi connectivity index (χ2v) is 4.86. The number of urea groups is 1. The van der Waals surface area contributed by atoms with E-state index in [1.807, 2.05) is 67.6 Å². The Bertz CT molecular complexity index is 644. The van der Waals surface area contributed by atoms with Gasteiger partial charge in [0.1, 0.15) is 0 Å². The molecule has 3 rings (SSSR count). The molecule has 0 saturated carbocycles. The molecule has 1 aliphatic heterocycles. The van der Waals surface area contributed by atoms with Crippen molar-refractivity contribution in [3.8, 4) is 0 Å². The first-order valence-electron chi connectivity index (χ1n) is 6.65. The van der Waals surface area contributed by atoms with E-state index in [-0.39, 0.29) is 6.03 Å². The molecule has 1 heterocycles. The smallest absolute Gasteiger partial charge is 0.307 e. The molecule has 0 saturated heterocycles. The Balaban J connectivity index is 1.84. The van der Waals surface area contributed by atoms with Gasteiger partial charge in [0.05, 0.1) is 0 Å². The Morgan fingerprint density at radius 1 is 1.00 bits per heavy atom. The predicted molar refractivity (Wildman–Crippen MR) is 81.5 cm³/mol. The number of benzene rings is 2. The summed E-state index contributed by atoms with van der Waals surface area (Å²) in [5.74, 6) is 0. The number of carbonyl (C=O) groups is 1. The van der Waals surface area contributed by atoms with Crippen LogP contribution in [0.4, 0.5) is 10.5 Å². The zero-order valence-corrected chi connectivity index (χ0v) is 11.3. The molecule has 0 radical (unpaired) electrons. The highest BCUT2D eigenvalue weighted by Crippen LogP contribution is 2.21. The van der Waals surface area contributed by atoms with Gasteiger partial charge in [-0.25, -0.2) is 4.79 Å². The second kappa shape index (κ2) is 5.21. The monoisotopic (exact) mass is 264 g/mol. The van der Waals surface area contributed by atoms with Crippen molar-refractivity contribution in [2.45, 2.75) is 6.92 Å². The maximum atomic E-state index is 12.2. The Morgan fingerprint density at radius 2 is 1.70 bits per heavy atom. The topological polar surface area (TPSA) is 32.3 Å². The van der Waals surface area contributed by atoms with Crippen molar-refractivity contribution in [2.75, 3.05) is 11.4 Å². The van der Waals surface area contributed by atoms with Crippen LogP contribution in [0.1, 0.15) is 11.1 Å². The van der Waals surface area contributed by atoms with E-state index < -0.39 is 0 Å². The van der Waals surface area contributed by atoms with Gasteiger partial charge in [-0.2, -0.15) is 0 Å². The van der Waals surface area contributed by atoms with Crippen LogP contribution in [0.15, 0.2) is 60.7 Å². The summed E-state index contributed by atoms with van der Waals surface area (Å²) in [6.07, 6.45) is 2.04. The number of hydrogen-bond acceptors (Lipinski definition) is 1. The van der Waals surface area contributed by atoms with Gasteiger partial charge >= 0.3 is 6.03 Å². The van der Waals surface area contributed by atoms with Crippen LogP contribution in [0.2, 0.25) is 0 Å². The van der Waals surface area contributed by atoms with Crippen molar-refractivity contribution in [1.82, 2.24) is 5.32 Å². The van der Waals surface area contributed by atoms with Gasteiger partial charge < -0.3 is 5.32 Å². The highest BCUT2D eigenvalue weighted by molar-refractivity contribution is 5.99. The van der Waals surface area contributed by atoms with Gasteiger partial charge in [0.15, 0.2) is 0 Å². The molecule has 3 nitrogen and oxygen atoms in total. The molecule has 0 bridgehead atoms. The van der Waals surface area contributed by atoms with Crippen molar-refractivity contribution in [2.24, 2.45) is 0 Å². The fraction of sp³-hybridized carbons (Fsp3) is 0.118. The fourth-order valence-electron chi connectivity index (χ4n) is 2.25. The zero-order chi connectivity index (χ0) is 13.9. The molecule has 0 aromatic heterocycles. The lowest BCUT2D eigenvalue weighted by atomic mass is 10.1. The van der Waals surface area contributed by atoms with Gasteiger partial charge in [-0.15, -0.1) is 0 Å². The molecule has 2 amide bonds. The summed E-state index contributed by atoms with van der Waals surface area (Å²) in [5.41, 5.74) is 4.01. The van der Waals surface area contributed by atoms with Gasteiger partial charge in [0.25, 0.3) is 0 Å². The average Bonchev–Trinajstić information content (AvgIpc) is 2.49. The first-order valence-corrected chi connectivity index (χ1v) is 6.65. The molecule has 2 aromatic carbocycles. The van der Waals surface area contributed by atoms with E-state index in [1.54, 1.807) is 4.90 Å². The van der Waals surface area contributed by atoms with Gasteiger partial charge in [-0.3, -0.25) is 4.90 Å². The average molecular weight is 264 g/mol. The first kappa shape index (κ1) is 12.5. The number of nitrogens with one attached hydrogen (secondary N) is 1. The summed E-state index contributed by atoms with van der Waals surface area (Å²) in [7, 11) is 0. The van der Waals surface area contributed by atoms with Gasteiger partial charge in [0, 0.05) is 17.9 Å². The second-order valence-electron chi connectivity index (χ2n) is 4.86. The third-order valence-corrected chi connectivity index (χ3v) is 3.40. The van der Waals surface area contributed by atoms with Crippen LogP contribution in [0, 0.1) is 6.92 Å². The van der Waals surface area contributed by atoms with Crippen LogP contribution in [-0.2, 0) is 0 Å². The zero-order valence-electron chi connectivity index (χ0n) is 11.3. The minimum Gasteiger partial charge on any atom is -0.307 e. The number of anilines is 1. The van der Waals surface area contributed by atoms with E-state index in [0.29, 0.717) is 6.54 Å². The standard InChI is InChI=1S/C17H16N2O/c1-13-7-9-15(10-8-13)19-12-11-16(18-17(19)20)14-5-3-2-4-6-14/h2-11H,12H2,1H3,(H,18,20). The van der Waals surface area contributed by atoms with Gasteiger partial charge in [-0.1, -0.05) is 48.0 Å². The van der Waals surface area contributed by atoms with E-state index in [2.05, 4.69) is 5.32 Å². The Kier molecular flexibility index (Phi) is 3.25. The van der Waals surface area contributed by atoms with Crippen LogP contribution in [0.3, 0.4) is 0 Å². The summed E-state index contributed by atoms with van der Waals surface area (Å²) >= 11 is 0. The van der Waals surface area contributed by atoms with Crippen molar-refractivity contribution in [3.63, 3.8) is 0 Å². The Hall–Kier alpha value is -2.55. The molecule has 0 atom stereocenters. The summed E-state index contributed by atoms with van der Waals surface area (Å²) in [6.45, 7) is 2.62. The molecule has 1 N–H and O–H groups in total. The van der Waals surface area contributed by atoms with E-state index in [1.165, 1.54) is 5.56 Å². The maximum absolute atomic E-state index is 12.2. The molecule has 2 aromatic rings. The molecule has 0 aliphatic carbocycles. The van der Waals surface area contributed by atoms with Crippen molar-refractivity contribution in [1.29, 1.82) is 0 Å². The lowest BCUT2D eigenvalue weighted by molar-refractivity contribution is 0.250. The molecular formula is C17H16N2O. The van der Waals surface area contributed by atoms with E-state index in [4.69, 9.17) is 0 Å². The molecular weight excluding hydrogens is 248 g/mol. The van der Waals surface area contributed by atoms with Crippen LogP contribution in [0.25, 0.3) is 5.70 Å². The van der Waals surface area contributed by atoms with E-state index in [0.717, 1.165) is 16.9 Å². The number of aryl methyl sites for hydroxylation is 1. The van der Waals surface area contributed by atoms with Crippen molar-refractivity contribution in [3.05, 3.63) is 71.8 Å². The van der Waals surface area contributed by atoms with Crippen LogP contribution >= 0.6 is 0 Å². The molecule has 0 fully saturated rings. The van der Waals surface area contributed by atoms with Crippen molar-refractivity contribution < 1.29 is 4.79 Å². The summed E-state index contributed by atoms with van der Waals surface area (Å²) in [4.78, 5) is 14.0. The van der Waals surface area contributed by atoms with Crippen LogP contribution in [0.5, 0.6) is 0 Å². The van der Waals surface area contributed by atoms with Crippen LogP contribution < -0.4 is 10.2 Å². The quantitative estimate of drug-likeness (QED) is 0.883. The predicted octanol–water partition coefficient (Wildman–Crippen LogP) is 3.57. The van der Waals surface area contributed by atoms with E-state index in [9.17, 15) is 4.79 Å². The molecule has 0 unspecified atom stereocenters. The molecule has 3 heteroatoms. The summed E-state index contributed by atoms with van der Waals surface area (Å²) in [5, 5.41) is 2.94.